The first-order valence-corrected chi connectivity index (χ1v) is 9.13. The van der Waals surface area contributed by atoms with Crippen molar-refractivity contribution in [1.82, 2.24) is 10.1 Å². The van der Waals surface area contributed by atoms with Crippen molar-refractivity contribution in [2.45, 2.75) is 18.7 Å². The summed E-state index contributed by atoms with van der Waals surface area (Å²) in [4.78, 5) is 5.50. The van der Waals surface area contributed by atoms with Gasteiger partial charge in [0.2, 0.25) is 11.7 Å². The van der Waals surface area contributed by atoms with E-state index < -0.39 is 10.0 Å². The van der Waals surface area contributed by atoms with Crippen molar-refractivity contribution in [3.63, 3.8) is 0 Å². The van der Waals surface area contributed by atoms with Gasteiger partial charge in [-0.05, 0) is 37.3 Å². The Kier molecular flexibility index (Phi) is 4.09. The lowest BCUT2D eigenvalue weighted by molar-refractivity contribution is 0.394. The van der Waals surface area contributed by atoms with Crippen LogP contribution in [0.3, 0.4) is 0 Å². The molecule has 0 spiro atoms. The van der Waals surface area contributed by atoms with Crippen molar-refractivity contribution in [2.75, 3.05) is 4.72 Å². The number of rotatable bonds is 4. The Labute approximate surface area is 142 Å². The Morgan fingerprint density at radius 1 is 1.25 bits per heavy atom. The Morgan fingerprint density at radius 2 is 1.96 bits per heavy atom. The predicted molar refractivity (Wildman–Crippen MR) is 89.1 cm³/mol. The Bertz CT molecular complexity index is 1030. The third kappa shape index (κ3) is 3.15. The number of sulfonamides is 1. The maximum Gasteiger partial charge on any atom is 0.263 e. The van der Waals surface area contributed by atoms with Crippen LogP contribution in [0.2, 0.25) is 0 Å². The minimum Gasteiger partial charge on any atom is -0.339 e. The van der Waals surface area contributed by atoms with Gasteiger partial charge in [-0.1, -0.05) is 5.16 Å². The molecular formula is C15H12N4O3S2. The van der Waals surface area contributed by atoms with E-state index in [-0.39, 0.29) is 4.90 Å². The van der Waals surface area contributed by atoms with E-state index in [9.17, 15) is 8.42 Å². The molecule has 3 aromatic rings. The zero-order valence-electron chi connectivity index (χ0n) is 12.8. The summed E-state index contributed by atoms with van der Waals surface area (Å²) < 4.78 is 32.6. The number of benzene rings is 1. The second-order valence-electron chi connectivity index (χ2n) is 4.96. The van der Waals surface area contributed by atoms with Crippen LogP contribution < -0.4 is 4.72 Å². The van der Waals surface area contributed by atoms with Gasteiger partial charge in [-0.2, -0.15) is 10.2 Å². The highest BCUT2D eigenvalue weighted by molar-refractivity contribution is 7.93. The lowest BCUT2D eigenvalue weighted by atomic mass is 10.2. The summed E-state index contributed by atoms with van der Waals surface area (Å²) >= 11 is 1.28. The van der Waals surface area contributed by atoms with Gasteiger partial charge in [0.15, 0.2) is 0 Å². The number of thiophene rings is 1. The maximum atomic E-state index is 12.6. The summed E-state index contributed by atoms with van der Waals surface area (Å²) in [7, 11) is -3.75. The number of aromatic nitrogens is 2. The van der Waals surface area contributed by atoms with Gasteiger partial charge in [0.1, 0.15) is 4.90 Å². The smallest absolute Gasteiger partial charge is 0.263 e. The zero-order chi connectivity index (χ0) is 17.3. The zero-order valence-corrected chi connectivity index (χ0v) is 14.4. The highest BCUT2D eigenvalue weighted by atomic mass is 32.2. The molecule has 2 heterocycles. The van der Waals surface area contributed by atoms with Crippen molar-refractivity contribution < 1.29 is 12.9 Å². The molecule has 1 aromatic carbocycles. The van der Waals surface area contributed by atoms with Crippen molar-refractivity contribution in [3.05, 3.63) is 46.7 Å². The largest absolute Gasteiger partial charge is 0.339 e. The predicted octanol–water partition coefficient (Wildman–Crippen LogP) is 3.09. The molecule has 0 fully saturated rings. The molecule has 0 radical (unpaired) electrons. The minimum absolute atomic E-state index is 0.161. The average Bonchev–Trinajstić information content (AvgIpc) is 3.14. The molecule has 7 nitrogen and oxygen atoms in total. The number of anilines is 1. The first kappa shape index (κ1) is 16.2. The van der Waals surface area contributed by atoms with Crippen LogP contribution >= 0.6 is 11.3 Å². The molecular weight excluding hydrogens is 348 g/mol. The van der Waals surface area contributed by atoms with Crippen LogP contribution in [0.5, 0.6) is 0 Å². The maximum absolute atomic E-state index is 12.6. The lowest BCUT2D eigenvalue weighted by Gasteiger charge is -2.07. The Hall–Kier alpha value is -2.70. The monoisotopic (exact) mass is 360 g/mol. The molecule has 0 aliphatic carbocycles. The molecule has 0 amide bonds. The minimum atomic E-state index is -3.75. The van der Waals surface area contributed by atoms with Crippen LogP contribution in [0.4, 0.5) is 5.69 Å². The van der Waals surface area contributed by atoms with Gasteiger partial charge < -0.3 is 4.52 Å². The summed E-state index contributed by atoms with van der Waals surface area (Å²) in [5, 5.41) is 12.6. The van der Waals surface area contributed by atoms with E-state index in [0.29, 0.717) is 32.7 Å². The first-order chi connectivity index (χ1) is 11.4. The van der Waals surface area contributed by atoms with E-state index in [1.165, 1.54) is 17.4 Å². The van der Waals surface area contributed by atoms with Crippen LogP contribution in [0.25, 0.3) is 10.7 Å². The summed E-state index contributed by atoms with van der Waals surface area (Å²) in [6.45, 7) is 3.38. The third-order valence-electron chi connectivity index (χ3n) is 3.18. The fourth-order valence-electron chi connectivity index (χ4n) is 2.06. The topological polar surface area (TPSA) is 109 Å². The van der Waals surface area contributed by atoms with Gasteiger partial charge in [-0.25, -0.2) is 8.42 Å². The molecule has 0 saturated heterocycles. The molecule has 1 N–H and O–H groups in total. The van der Waals surface area contributed by atoms with E-state index in [0.717, 1.165) is 0 Å². The molecule has 3 rings (SSSR count). The fourth-order valence-corrected chi connectivity index (χ4v) is 4.64. The molecule has 24 heavy (non-hydrogen) atoms. The van der Waals surface area contributed by atoms with Crippen LogP contribution in [0, 0.1) is 25.2 Å². The van der Waals surface area contributed by atoms with Gasteiger partial charge >= 0.3 is 0 Å². The quantitative estimate of drug-likeness (QED) is 0.766. The van der Waals surface area contributed by atoms with Crippen LogP contribution in [0.1, 0.15) is 16.3 Å². The molecule has 0 bridgehead atoms. The molecule has 0 aliphatic heterocycles. The molecule has 122 valence electrons. The van der Waals surface area contributed by atoms with E-state index in [4.69, 9.17) is 9.78 Å². The van der Waals surface area contributed by atoms with E-state index in [1.54, 1.807) is 38.1 Å². The summed E-state index contributed by atoms with van der Waals surface area (Å²) in [6, 6.07) is 9.69. The van der Waals surface area contributed by atoms with E-state index in [1.807, 2.05) is 6.07 Å². The van der Waals surface area contributed by atoms with Crippen LogP contribution in [-0.4, -0.2) is 18.6 Å². The number of aryl methyl sites for hydroxylation is 2. The van der Waals surface area contributed by atoms with Gasteiger partial charge in [0, 0.05) is 17.5 Å². The highest BCUT2D eigenvalue weighted by Gasteiger charge is 2.22. The number of hydrogen-bond acceptors (Lipinski definition) is 7. The van der Waals surface area contributed by atoms with Gasteiger partial charge in [0.25, 0.3) is 10.0 Å². The van der Waals surface area contributed by atoms with Gasteiger partial charge in [0.05, 0.1) is 16.5 Å². The fraction of sp³-hybridized carbons (Fsp3) is 0.133. The van der Waals surface area contributed by atoms with Crippen molar-refractivity contribution in [2.24, 2.45) is 0 Å². The first-order valence-electron chi connectivity index (χ1n) is 6.83. The lowest BCUT2D eigenvalue weighted by Crippen LogP contribution is -2.13. The van der Waals surface area contributed by atoms with Crippen LogP contribution in [-0.2, 0) is 10.0 Å². The van der Waals surface area contributed by atoms with Crippen molar-refractivity contribution >= 4 is 27.0 Å². The molecule has 2 aromatic heterocycles. The summed E-state index contributed by atoms with van der Waals surface area (Å²) in [6.07, 6.45) is 0. The second-order valence-corrected chi connectivity index (χ2v) is 7.87. The standard InChI is InChI=1S/C15H12N4O3S2/c1-9-14(7-13(23-9)15-17-10(2)22-18-15)24(20,21)19-12-5-3-11(8-16)4-6-12/h3-7,19H,1-2H3. The van der Waals surface area contributed by atoms with Gasteiger partial charge in [-0.3, -0.25) is 4.72 Å². The SMILES string of the molecule is Cc1nc(-c2cc(S(=O)(=O)Nc3ccc(C#N)cc3)c(C)s2)no1. The number of nitrogens with zero attached hydrogens (tertiary/aromatic N) is 3. The number of hydrogen-bond donors (Lipinski definition) is 1. The molecule has 9 heteroatoms. The second kappa shape index (κ2) is 6.07. The Balaban J connectivity index is 1.92. The summed E-state index contributed by atoms with van der Waals surface area (Å²) in [5.41, 5.74) is 0.844. The van der Waals surface area contributed by atoms with Crippen molar-refractivity contribution in [3.8, 4) is 16.8 Å². The number of nitriles is 1. The molecule has 0 atom stereocenters. The third-order valence-corrected chi connectivity index (χ3v) is 5.86. The normalized spacial score (nSPS) is 11.2. The van der Waals surface area contributed by atoms with Crippen molar-refractivity contribution in [1.29, 1.82) is 5.26 Å². The number of nitrogens with one attached hydrogen (secondary N) is 1. The summed E-state index contributed by atoms with van der Waals surface area (Å²) in [5.74, 6) is 0.775. The van der Waals surface area contributed by atoms with Gasteiger partial charge in [-0.15, -0.1) is 11.3 Å². The van der Waals surface area contributed by atoms with E-state index >= 15 is 0 Å². The molecule has 0 aliphatic rings. The van der Waals surface area contributed by atoms with E-state index in [2.05, 4.69) is 14.9 Å². The average molecular weight is 360 g/mol. The highest BCUT2D eigenvalue weighted by Crippen LogP contribution is 2.32. The van der Waals surface area contributed by atoms with Crippen LogP contribution in [0.15, 0.2) is 39.8 Å². The Morgan fingerprint density at radius 3 is 2.54 bits per heavy atom. The molecule has 0 saturated carbocycles. The molecule has 0 unspecified atom stereocenters.